The summed E-state index contributed by atoms with van der Waals surface area (Å²) in [5, 5.41) is 3.57. The molecule has 2 aromatic rings. The Morgan fingerprint density at radius 3 is 2.62 bits per heavy atom. The summed E-state index contributed by atoms with van der Waals surface area (Å²) in [4.78, 5) is 12.4. The smallest absolute Gasteiger partial charge is 0.471 e. The Morgan fingerprint density at radius 2 is 1.94 bits per heavy atom. The third-order valence-electron chi connectivity index (χ3n) is 6.24. The Balaban J connectivity index is 1.74. The van der Waals surface area contributed by atoms with Crippen molar-refractivity contribution in [1.29, 1.82) is 0 Å². The predicted molar refractivity (Wildman–Crippen MR) is 125 cm³/mol. The summed E-state index contributed by atoms with van der Waals surface area (Å²) < 4.78 is 51.5. The normalized spacial score (nSPS) is 22.7. The monoisotopic (exact) mass is 474 g/mol. The van der Waals surface area contributed by atoms with Gasteiger partial charge in [-0.2, -0.15) is 13.2 Å². The van der Waals surface area contributed by atoms with Crippen molar-refractivity contribution in [1.82, 2.24) is 5.32 Å². The van der Waals surface area contributed by atoms with Crippen molar-refractivity contribution in [3.63, 3.8) is 0 Å². The van der Waals surface area contributed by atoms with Gasteiger partial charge in [-0.25, -0.2) is 0 Å². The van der Waals surface area contributed by atoms with Gasteiger partial charge >= 0.3 is 12.1 Å². The van der Waals surface area contributed by atoms with Crippen molar-refractivity contribution in [2.24, 2.45) is 0 Å². The molecule has 2 atom stereocenters. The summed E-state index contributed by atoms with van der Waals surface area (Å²) in [6.45, 7) is 4.93. The first kappa shape index (κ1) is 24.3. The van der Waals surface area contributed by atoms with Crippen LogP contribution in [-0.2, 0) is 9.53 Å². The van der Waals surface area contributed by atoms with Gasteiger partial charge in [-0.05, 0) is 68.6 Å². The van der Waals surface area contributed by atoms with Crippen LogP contribution in [0.1, 0.15) is 43.9 Å². The van der Waals surface area contributed by atoms with Crippen molar-refractivity contribution >= 4 is 17.2 Å². The van der Waals surface area contributed by atoms with E-state index in [0.717, 1.165) is 37.6 Å². The van der Waals surface area contributed by atoms with Crippen LogP contribution >= 0.6 is 0 Å². The van der Waals surface area contributed by atoms with Gasteiger partial charge in [0, 0.05) is 18.3 Å². The Labute approximate surface area is 197 Å². The van der Waals surface area contributed by atoms with E-state index in [1.54, 1.807) is 12.1 Å². The molecule has 2 aromatic carbocycles. The fourth-order valence-corrected chi connectivity index (χ4v) is 4.67. The van der Waals surface area contributed by atoms with Crippen LogP contribution in [0.5, 0.6) is 5.75 Å². The second kappa shape index (κ2) is 9.43. The van der Waals surface area contributed by atoms with Crippen LogP contribution in [0.15, 0.2) is 54.6 Å². The van der Waals surface area contributed by atoms with Crippen LogP contribution in [0.2, 0.25) is 0 Å². The zero-order valence-corrected chi connectivity index (χ0v) is 19.5. The first-order valence-corrected chi connectivity index (χ1v) is 11.4. The number of anilines is 1. The van der Waals surface area contributed by atoms with E-state index in [0.29, 0.717) is 22.8 Å². The molecule has 1 amide bonds. The minimum atomic E-state index is -4.96. The van der Waals surface area contributed by atoms with Gasteiger partial charge in [0.15, 0.2) is 0 Å². The summed E-state index contributed by atoms with van der Waals surface area (Å²) in [5.74, 6) is -1.39. The van der Waals surface area contributed by atoms with Crippen LogP contribution in [0.4, 0.5) is 18.9 Å². The Hall–Kier alpha value is -2.84. The number of nitrogens with one attached hydrogen (secondary N) is 1. The lowest BCUT2D eigenvalue weighted by atomic mass is 9.81. The summed E-state index contributed by atoms with van der Waals surface area (Å²) in [5.41, 5.74) is 2.13. The number of carbonyl (C=O) groups excluding carboxylic acids is 1. The van der Waals surface area contributed by atoms with Crippen LogP contribution in [0, 0.1) is 0 Å². The number of hydrogen-bond acceptors (Lipinski definition) is 4. The largest absolute Gasteiger partial charge is 0.490 e. The van der Waals surface area contributed by atoms with Gasteiger partial charge in [0.25, 0.3) is 0 Å². The van der Waals surface area contributed by atoms with E-state index in [1.165, 1.54) is 6.07 Å². The van der Waals surface area contributed by atoms with Gasteiger partial charge in [-0.15, -0.1) is 0 Å². The summed E-state index contributed by atoms with van der Waals surface area (Å²) in [6.07, 6.45) is -1.27. The van der Waals surface area contributed by atoms with Gasteiger partial charge in [-0.3, -0.25) is 4.79 Å². The molecule has 8 heteroatoms. The lowest BCUT2D eigenvalue weighted by Crippen LogP contribution is -2.47. The van der Waals surface area contributed by atoms with E-state index in [-0.39, 0.29) is 17.8 Å². The van der Waals surface area contributed by atoms with E-state index in [2.05, 4.69) is 23.5 Å². The molecular formula is C26H29F3N2O3. The Bertz CT molecular complexity index is 1070. The van der Waals surface area contributed by atoms with Crippen molar-refractivity contribution in [3.05, 3.63) is 65.7 Å². The standard InChI is InChI=1S/C26H29F3N2O3/c1-17(2)34-22-11-10-20(31(3)24(32)26(27,28)29)14-21(22)19-15-25(33-16-19)12-7-13-30-23(25)18-8-5-4-6-9-18/h4-6,8-11,14-15,17,23,30H,7,12-13,16H2,1-3H3/t23-,25+/m0/s1. The molecule has 0 aliphatic carbocycles. The molecule has 0 bridgehead atoms. The van der Waals surface area contributed by atoms with Crippen molar-refractivity contribution in [2.75, 3.05) is 25.1 Å². The highest BCUT2D eigenvalue weighted by Gasteiger charge is 2.45. The first-order valence-electron chi connectivity index (χ1n) is 11.4. The molecule has 2 aliphatic heterocycles. The number of ether oxygens (including phenoxy) is 2. The molecule has 0 radical (unpaired) electrons. The van der Waals surface area contributed by atoms with E-state index in [9.17, 15) is 18.0 Å². The number of rotatable bonds is 5. The maximum absolute atomic E-state index is 13.0. The molecule has 2 heterocycles. The highest BCUT2D eigenvalue weighted by Crippen LogP contribution is 2.45. The molecule has 34 heavy (non-hydrogen) atoms. The maximum atomic E-state index is 13.0. The second-order valence-electron chi connectivity index (χ2n) is 9.02. The van der Waals surface area contributed by atoms with Crippen LogP contribution in [0.25, 0.3) is 5.57 Å². The lowest BCUT2D eigenvalue weighted by molar-refractivity contribution is -0.170. The number of carbonyl (C=O) groups is 1. The third-order valence-corrected chi connectivity index (χ3v) is 6.24. The molecule has 0 saturated carbocycles. The van der Waals surface area contributed by atoms with Crippen molar-refractivity contribution in [3.8, 4) is 5.75 Å². The molecular weight excluding hydrogens is 445 g/mol. The second-order valence-corrected chi connectivity index (χ2v) is 9.02. The van der Waals surface area contributed by atoms with E-state index in [4.69, 9.17) is 9.47 Å². The van der Waals surface area contributed by atoms with Crippen LogP contribution < -0.4 is 15.0 Å². The molecule has 4 rings (SSSR count). The van der Waals surface area contributed by atoms with Gasteiger partial charge in [0.2, 0.25) is 0 Å². The molecule has 5 nitrogen and oxygen atoms in total. The minimum absolute atomic E-state index is 0.0490. The first-order chi connectivity index (χ1) is 16.1. The molecule has 182 valence electrons. The SMILES string of the molecule is CC(C)Oc1ccc(N(C)C(=O)C(F)(F)F)cc1C1=C[C@@]2(CCCN[C@H]2c2ccccc2)OC1. The van der Waals surface area contributed by atoms with Gasteiger partial charge in [-0.1, -0.05) is 30.3 Å². The molecule has 1 fully saturated rings. The molecule has 0 aromatic heterocycles. The number of alkyl halides is 3. The van der Waals surface area contributed by atoms with E-state index >= 15 is 0 Å². The summed E-state index contributed by atoms with van der Waals surface area (Å²) in [7, 11) is 1.12. The van der Waals surface area contributed by atoms with Crippen LogP contribution in [0.3, 0.4) is 0 Å². The van der Waals surface area contributed by atoms with Gasteiger partial charge < -0.3 is 19.7 Å². The fraction of sp³-hybridized carbons (Fsp3) is 0.423. The molecule has 1 saturated heterocycles. The van der Waals surface area contributed by atoms with Crippen molar-refractivity contribution in [2.45, 2.75) is 50.6 Å². The Morgan fingerprint density at radius 1 is 1.21 bits per heavy atom. The number of halogens is 3. The molecule has 0 unspecified atom stereocenters. The van der Waals surface area contributed by atoms with E-state index in [1.807, 2.05) is 32.0 Å². The molecule has 2 aliphatic rings. The fourth-order valence-electron chi connectivity index (χ4n) is 4.67. The highest BCUT2D eigenvalue weighted by atomic mass is 19.4. The van der Waals surface area contributed by atoms with E-state index < -0.39 is 17.7 Å². The quantitative estimate of drug-likeness (QED) is 0.641. The number of amides is 1. The number of piperidine rings is 1. The molecule has 1 N–H and O–H groups in total. The summed E-state index contributed by atoms with van der Waals surface area (Å²) in [6, 6.07) is 14.7. The average molecular weight is 475 g/mol. The minimum Gasteiger partial charge on any atom is -0.490 e. The van der Waals surface area contributed by atoms with Crippen LogP contribution in [-0.4, -0.2) is 44.0 Å². The number of hydrogen-bond donors (Lipinski definition) is 1. The number of benzene rings is 2. The zero-order chi connectivity index (χ0) is 24.5. The Kier molecular flexibility index (Phi) is 6.73. The topological polar surface area (TPSA) is 50.8 Å². The number of nitrogens with zero attached hydrogens (tertiary/aromatic N) is 1. The van der Waals surface area contributed by atoms with Gasteiger partial charge in [0.1, 0.15) is 11.4 Å². The maximum Gasteiger partial charge on any atom is 0.471 e. The molecule has 1 spiro atoms. The predicted octanol–water partition coefficient (Wildman–Crippen LogP) is 5.28. The lowest BCUT2D eigenvalue weighted by Gasteiger charge is -2.40. The van der Waals surface area contributed by atoms with Gasteiger partial charge in [0.05, 0.1) is 18.8 Å². The third kappa shape index (κ3) is 4.83. The average Bonchev–Trinajstić information content (AvgIpc) is 3.22. The highest BCUT2D eigenvalue weighted by molar-refractivity contribution is 5.97. The van der Waals surface area contributed by atoms with Crippen molar-refractivity contribution < 1.29 is 27.4 Å². The zero-order valence-electron chi connectivity index (χ0n) is 19.5. The summed E-state index contributed by atoms with van der Waals surface area (Å²) >= 11 is 0.